The standard InChI is InChI=1S/C20H22ClNO4/c1-3-24-16-6-4-14(5-7-16)13-22(2)19(23)12-15-10-17(21)20-18(11-15)25-8-9-26-20/h4-7,10-11H,3,8-9,12-13H2,1-2H3. The molecule has 0 unspecified atom stereocenters. The van der Waals surface area contributed by atoms with Crippen molar-refractivity contribution in [2.75, 3.05) is 26.9 Å². The van der Waals surface area contributed by atoms with E-state index in [1.165, 1.54) is 0 Å². The number of likely N-dealkylation sites (N-methyl/N-ethyl adjacent to an activating group) is 1. The van der Waals surface area contributed by atoms with Gasteiger partial charge in [-0.3, -0.25) is 4.79 Å². The Hall–Kier alpha value is -2.40. The van der Waals surface area contributed by atoms with Crippen LogP contribution in [0.3, 0.4) is 0 Å². The monoisotopic (exact) mass is 375 g/mol. The van der Waals surface area contributed by atoms with Crippen molar-refractivity contribution < 1.29 is 19.0 Å². The molecule has 5 nitrogen and oxygen atoms in total. The molecule has 1 aliphatic heterocycles. The fourth-order valence-electron chi connectivity index (χ4n) is 2.80. The smallest absolute Gasteiger partial charge is 0.227 e. The Labute approximate surface area is 158 Å². The van der Waals surface area contributed by atoms with Crippen molar-refractivity contribution in [1.29, 1.82) is 0 Å². The van der Waals surface area contributed by atoms with E-state index >= 15 is 0 Å². The Morgan fingerprint density at radius 2 is 1.88 bits per heavy atom. The highest BCUT2D eigenvalue weighted by Gasteiger charge is 2.18. The molecule has 0 saturated heterocycles. The maximum Gasteiger partial charge on any atom is 0.227 e. The van der Waals surface area contributed by atoms with Gasteiger partial charge in [0.05, 0.1) is 18.1 Å². The third-order valence-corrected chi connectivity index (χ3v) is 4.37. The summed E-state index contributed by atoms with van der Waals surface area (Å²) >= 11 is 6.24. The molecule has 0 spiro atoms. The molecule has 2 aromatic carbocycles. The number of hydrogen-bond acceptors (Lipinski definition) is 4. The zero-order valence-electron chi connectivity index (χ0n) is 15.0. The first-order chi connectivity index (χ1) is 12.6. The fraction of sp³-hybridized carbons (Fsp3) is 0.350. The number of amides is 1. The second-order valence-electron chi connectivity index (χ2n) is 6.11. The van der Waals surface area contributed by atoms with E-state index in [4.69, 9.17) is 25.8 Å². The van der Waals surface area contributed by atoms with Gasteiger partial charge in [-0.15, -0.1) is 0 Å². The van der Waals surface area contributed by atoms with E-state index in [0.29, 0.717) is 42.9 Å². The Morgan fingerprint density at radius 3 is 2.62 bits per heavy atom. The van der Waals surface area contributed by atoms with Crippen molar-refractivity contribution in [3.63, 3.8) is 0 Å². The third-order valence-electron chi connectivity index (χ3n) is 4.09. The van der Waals surface area contributed by atoms with Gasteiger partial charge in [0.1, 0.15) is 19.0 Å². The highest BCUT2D eigenvalue weighted by Crippen LogP contribution is 2.38. The third kappa shape index (κ3) is 4.41. The SMILES string of the molecule is CCOc1ccc(CN(C)C(=O)Cc2cc(Cl)c3c(c2)OCCO3)cc1. The summed E-state index contributed by atoms with van der Waals surface area (Å²) in [7, 11) is 1.79. The molecule has 0 aromatic heterocycles. The number of fused-ring (bicyclic) bond motifs is 1. The van der Waals surface area contributed by atoms with Gasteiger partial charge in [0.25, 0.3) is 0 Å². The van der Waals surface area contributed by atoms with Crippen LogP contribution in [0.5, 0.6) is 17.2 Å². The lowest BCUT2D eigenvalue weighted by Crippen LogP contribution is -2.27. The minimum Gasteiger partial charge on any atom is -0.494 e. The molecular weight excluding hydrogens is 354 g/mol. The molecule has 0 bridgehead atoms. The number of hydrogen-bond donors (Lipinski definition) is 0. The van der Waals surface area contributed by atoms with Crippen LogP contribution in [0.4, 0.5) is 0 Å². The van der Waals surface area contributed by atoms with E-state index in [1.54, 1.807) is 18.0 Å². The molecule has 3 rings (SSSR count). The van der Waals surface area contributed by atoms with Gasteiger partial charge in [0.2, 0.25) is 5.91 Å². The summed E-state index contributed by atoms with van der Waals surface area (Å²) in [6.45, 7) is 4.08. The maximum absolute atomic E-state index is 12.6. The van der Waals surface area contributed by atoms with Gasteiger partial charge >= 0.3 is 0 Å². The lowest BCUT2D eigenvalue weighted by Gasteiger charge is -2.21. The van der Waals surface area contributed by atoms with Crippen molar-refractivity contribution in [3.8, 4) is 17.2 Å². The molecule has 0 N–H and O–H groups in total. The van der Waals surface area contributed by atoms with Gasteiger partial charge in [0.15, 0.2) is 11.5 Å². The molecule has 0 fully saturated rings. The maximum atomic E-state index is 12.6. The molecule has 26 heavy (non-hydrogen) atoms. The van der Waals surface area contributed by atoms with Crippen LogP contribution in [-0.4, -0.2) is 37.7 Å². The lowest BCUT2D eigenvalue weighted by molar-refractivity contribution is -0.129. The van der Waals surface area contributed by atoms with Crippen molar-refractivity contribution in [1.82, 2.24) is 4.90 Å². The second kappa shape index (κ2) is 8.32. The summed E-state index contributed by atoms with van der Waals surface area (Å²) in [4.78, 5) is 14.2. The molecule has 1 amide bonds. The van der Waals surface area contributed by atoms with E-state index in [2.05, 4.69) is 0 Å². The predicted molar refractivity (Wildman–Crippen MR) is 100 cm³/mol. The first-order valence-corrected chi connectivity index (χ1v) is 8.98. The highest BCUT2D eigenvalue weighted by atomic mass is 35.5. The summed E-state index contributed by atoms with van der Waals surface area (Å²) < 4.78 is 16.5. The van der Waals surface area contributed by atoms with Crippen LogP contribution in [0.1, 0.15) is 18.1 Å². The molecule has 1 aliphatic rings. The van der Waals surface area contributed by atoms with Gasteiger partial charge in [0, 0.05) is 13.6 Å². The topological polar surface area (TPSA) is 48.0 Å². The average molecular weight is 376 g/mol. The number of halogens is 1. The zero-order chi connectivity index (χ0) is 18.5. The van der Waals surface area contributed by atoms with Crippen molar-refractivity contribution in [2.45, 2.75) is 19.9 Å². The quantitative estimate of drug-likeness (QED) is 0.772. The second-order valence-corrected chi connectivity index (χ2v) is 6.51. The molecule has 0 atom stereocenters. The van der Waals surface area contributed by atoms with E-state index in [0.717, 1.165) is 16.9 Å². The minimum absolute atomic E-state index is 0.00614. The van der Waals surface area contributed by atoms with Crippen molar-refractivity contribution in [3.05, 3.63) is 52.5 Å². The molecule has 0 aliphatic carbocycles. The molecule has 2 aromatic rings. The summed E-state index contributed by atoms with van der Waals surface area (Å²) in [5.41, 5.74) is 1.85. The van der Waals surface area contributed by atoms with E-state index in [1.807, 2.05) is 37.3 Å². The first-order valence-electron chi connectivity index (χ1n) is 8.60. The minimum atomic E-state index is 0.00614. The molecule has 138 valence electrons. The average Bonchev–Trinajstić information content (AvgIpc) is 2.63. The van der Waals surface area contributed by atoms with Crippen LogP contribution in [0.25, 0.3) is 0 Å². The van der Waals surface area contributed by atoms with Gasteiger partial charge in [-0.25, -0.2) is 0 Å². The highest BCUT2D eigenvalue weighted by molar-refractivity contribution is 6.32. The van der Waals surface area contributed by atoms with Crippen LogP contribution >= 0.6 is 11.6 Å². The number of carbonyl (C=O) groups excluding carboxylic acids is 1. The molecule has 6 heteroatoms. The normalized spacial score (nSPS) is 12.6. The molecule has 1 heterocycles. The summed E-state index contributed by atoms with van der Waals surface area (Å²) in [5, 5.41) is 0.471. The predicted octanol–water partition coefficient (Wildman–Crippen LogP) is 3.71. The van der Waals surface area contributed by atoms with E-state index in [-0.39, 0.29) is 12.3 Å². The largest absolute Gasteiger partial charge is 0.494 e. The number of carbonyl (C=O) groups is 1. The molecule has 0 radical (unpaired) electrons. The zero-order valence-corrected chi connectivity index (χ0v) is 15.7. The number of ether oxygens (including phenoxy) is 3. The van der Waals surface area contributed by atoms with Crippen LogP contribution in [-0.2, 0) is 17.8 Å². The van der Waals surface area contributed by atoms with Gasteiger partial charge in [-0.2, -0.15) is 0 Å². The fourth-order valence-corrected chi connectivity index (χ4v) is 3.08. The van der Waals surface area contributed by atoms with Crippen molar-refractivity contribution in [2.24, 2.45) is 0 Å². The van der Waals surface area contributed by atoms with Gasteiger partial charge in [-0.1, -0.05) is 23.7 Å². The summed E-state index contributed by atoms with van der Waals surface area (Å²) in [6.07, 6.45) is 0.254. The van der Waals surface area contributed by atoms with Crippen molar-refractivity contribution >= 4 is 17.5 Å². The Kier molecular flexibility index (Phi) is 5.89. The first kappa shape index (κ1) is 18.4. The van der Waals surface area contributed by atoms with E-state index < -0.39 is 0 Å². The van der Waals surface area contributed by atoms with E-state index in [9.17, 15) is 4.79 Å². The van der Waals surface area contributed by atoms with Crippen LogP contribution in [0.2, 0.25) is 5.02 Å². The van der Waals surface area contributed by atoms with Gasteiger partial charge < -0.3 is 19.1 Å². The van der Waals surface area contributed by atoms with Crippen LogP contribution < -0.4 is 14.2 Å². The Morgan fingerprint density at radius 1 is 1.15 bits per heavy atom. The van der Waals surface area contributed by atoms with Crippen LogP contribution in [0.15, 0.2) is 36.4 Å². The lowest BCUT2D eigenvalue weighted by atomic mass is 10.1. The number of benzene rings is 2. The van der Waals surface area contributed by atoms with Crippen LogP contribution in [0, 0.1) is 0 Å². The summed E-state index contributed by atoms with van der Waals surface area (Å²) in [6, 6.07) is 11.3. The molecular formula is C20H22ClNO4. The summed E-state index contributed by atoms with van der Waals surface area (Å²) in [5.74, 6) is 1.99. The number of nitrogens with zero attached hydrogens (tertiary/aromatic N) is 1. The number of rotatable bonds is 6. The molecule has 0 saturated carbocycles. The Balaban J connectivity index is 1.63. The Bertz CT molecular complexity index is 776. The van der Waals surface area contributed by atoms with Gasteiger partial charge in [-0.05, 0) is 42.3 Å².